The van der Waals surface area contributed by atoms with E-state index in [1.54, 1.807) is 0 Å². The molecule has 3 unspecified atom stereocenters. The average molecular weight is 186 g/mol. The van der Waals surface area contributed by atoms with Crippen LogP contribution in [0.3, 0.4) is 0 Å². The van der Waals surface area contributed by atoms with Crippen LogP contribution in [-0.2, 0) is 4.74 Å². The molecule has 0 saturated carbocycles. The van der Waals surface area contributed by atoms with Crippen molar-refractivity contribution in [1.82, 2.24) is 4.90 Å². The maximum absolute atomic E-state index is 5.87. The normalized spacial score (nSPS) is 33.2. The lowest BCUT2D eigenvalue weighted by atomic mass is 10.1. The number of nitrogens with zero attached hydrogens (tertiary/aromatic N) is 1. The van der Waals surface area contributed by atoms with E-state index < -0.39 is 0 Å². The van der Waals surface area contributed by atoms with Crippen LogP contribution in [0.5, 0.6) is 0 Å². The van der Waals surface area contributed by atoms with Crippen LogP contribution in [-0.4, -0.2) is 36.4 Å². The molecule has 0 aromatic heterocycles. The molecule has 0 amide bonds. The molecule has 0 radical (unpaired) electrons. The molecular weight excluding hydrogens is 164 g/mol. The first-order valence-electron chi connectivity index (χ1n) is 5.32. The first kappa shape index (κ1) is 11.0. The Morgan fingerprint density at radius 2 is 1.77 bits per heavy atom. The highest BCUT2D eigenvalue weighted by Crippen LogP contribution is 2.16. The maximum Gasteiger partial charge on any atom is 0.0704 e. The van der Waals surface area contributed by atoms with Crippen LogP contribution in [0.2, 0.25) is 0 Å². The fourth-order valence-corrected chi connectivity index (χ4v) is 1.74. The molecule has 1 aliphatic rings. The van der Waals surface area contributed by atoms with Crippen molar-refractivity contribution in [3.8, 4) is 0 Å². The van der Waals surface area contributed by atoms with E-state index in [9.17, 15) is 0 Å². The lowest BCUT2D eigenvalue weighted by Crippen LogP contribution is -2.53. The maximum atomic E-state index is 5.87. The molecule has 78 valence electrons. The summed E-state index contributed by atoms with van der Waals surface area (Å²) >= 11 is 0. The second kappa shape index (κ2) is 4.94. The zero-order chi connectivity index (χ0) is 9.84. The van der Waals surface area contributed by atoms with Gasteiger partial charge in [-0.2, -0.15) is 0 Å². The van der Waals surface area contributed by atoms with Gasteiger partial charge in [-0.3, -0.25) is 4.90 Å². The first-order valence-corrected chi connectivity index (χ1v) is 5.32. The van der Waals surface area contributed by atoms with Crippen LogP contribution in [0, 0.1) is 0 Å². The molecule has 1 fully saturated rings. The quantitative estimate of drug-likeness (QED) is 0.719. The minimum absolute atomic E-state index is 0.159. The third kappa shape index (κ3) is 2.93. The van der Waals surface area contributed by atoms with Crippen molar-refractivity contribution in [2.75, 3.05) is 13.1 Å². The predicted octanol–water partition coefficient (Wildman–Crippen LogP) is 1.18. The minimum atomic E-state index is 0.159. The van der Waals surface area contributed by atoms with Crippen LogP contribution in [0.15, 0.2) is 0 Å². The number of rotatable bonds is 3. The molecule has 1 rings (SSSR count). The lowest BCUT2D eigenvalue weighted by Gasteiger charge is -2.39. The number of ether oxygens (including phenoxy) is 1. The highest BCUT2D eigenvalue weighted by Gasteiger charge is 2.26. The minimum Gasteiger partial charge on any atom is -0.372 e. The van der Waals surface area contributed by atoms with Gasteiger partial charge in [0.2, 0.25) is 0 Å². The van der Waals surface area contributed by atoms with Gasteiger partial charge in [-0.1, -0.05) is 13.8 Å². The summed E-state index contributed by atoms with van der Waals surface area (Å²) in [6.45, 7) is 8.37. The molecule has 1 aliphatic heterocycles. The summed E-state index contributed by atoms with van der Waals surface area (Å²) in [5.74, 6) is 0. The molecule has 2 N–H and O–H groups in total. The molecule has 0 aromatic rings. The number of nitrogens with two attached hydrogens (primary N) is 1. The second-order valence-electron chi connectivity index (χ2n) is 3.89. The van der Waals surface area contributed by atoms with Crippen molar-refractivity contribution < 1.29 is 4.74 Å². The van der Waals surface area contributed by atoms with Gasteiger partial charge in [0.25, 0.3) is 0 Å². The van der Waals surface area contributed by atoms with Crippen LogP contribution < -0.4 is 5.73 Å². The predicted molar refractivity (Wildman–Crippen MR) is 54.5 cm³/mol. The van der Waals surface area contributed by atoms with Crippen molar-refractivity contribution >= 4 is 0 Å². The zero-order valence-corrected chi connectivity index (χ0v) is 8.99. The molecule has 0 bridgehead atoms. The van der Waals surface area contributed by atoms with Crippen molar-refractivity contribution in [1.29, 1.82) is 0 Å². The highest BCUT2D eigenvalue weighted by molar-refractivity contribution is 4.78. The number of hydrogen-bond acceptors (Lipinski definition) is 3. The monoisotopic (exact) mass is 186 g/mol. The van der Waals surface area contributed by atoms with Crippen molar-refractivity contribution in [3.05, 3.63) is 0 Å². The third-order valence-corrected chi connectivity index (χ3v) is 2.75. The SMILES string of the molecule is CCC1CN(C(C)N)CC(CC)O1. The summed E-state index contributed by atoms with van der Waals surface area (Å²) in [4.78, 5) is 2.31. The van der Waals surface area contributed by atoms with E-state index in [1.807, 2.05) is 6.92 Å². The van der Waals surface area contributed by atoms with E-state index in [0.717, 1.165) is 25.9 Å². The van der Waals surface area contributed by atoms with Crippen molar-refractivity contribution in [2.45, 2.75) is 52.0 Å². The van der Waals surface area contributed by atoms with Gasteiger partial charge in [-0.15, -0.1) is 0 Å². The first-order chi connectivity index (χ1) is 6.17. The van der Waals surface area contributed by atoms with Crippen LogP contribution in [0.1, 0.15) is 33.6 Å². The molecule has 3 heteroatoms. The largest absolute Gasteiger partial charge is 0.372 e. The van der Waals surface area contributed by atoms with E-state index in [2.05, 4.69) is 18.7 Å². The van der Waals surface area contributed by atoms with E-state index in [4.69, 9.17) is 10.5 Å². The highest BCUT2D eigenvalue weighted by atomic mass is 16.5. The van der Waals surface area contributed by atoms with Crippen LogP contribution >= 0.6 is 0 Å². The molecular formula is C10H22N2O. The van der Waals surface area contributed by atoms with E-state index >= 15 is 0 Å². The number of hydrogen-bond donors (Lipinski definition) is 1. The standard InChI is InChI=1S/C10H22N2O/c1-4-9-6-12(8(3)11)7-10(5-2)13-9/h8-10H,4-7,11H2,1-3H3. The molecule has 0 aliphatic carbocycles. The Morgan fingerprint density at radius 3 is 2.08 bits per heavy atom. The Morgan fingerprint density at radius 1 is 1.31 bits per heavy atom. The molecule has 1 saturated heterocycles. The summed E-state index contributed by atoms with van der Waals surface area (Å²) in [5, 5.41) is 0. The van der Waals surface area contributed by atoms with E-state index in [0.29, 0.717) is 12.2 Å². The van der Waals surface area contributed by atoms with Gasteiger partial charge in [0, 0.05) is 13.1 Å². The van der Waals surface area contributed by atoms with Crippen LogP contribution in [0.4, 0.5) is 0 Å². The van der Waals surface area contributed by atoms with Crippen molar-refractivity contribution in [2.24, 2.45) is 5.73 Å². The molecule has 0 aromatic carbocycles. The van der Waals surface area contributed by atoms with Gasteiger partial charge in [0.15, 0.2) is 0 Å². The molecule has 3 atom stereocenters. The average Bonchev–Trinajstić information content (AvgIpc) is 2.16. The van der Waals surface area contributed by atoms with Gasteiger partial charge in [0.05, 0.1) is 18.4 Å². The zero-order valence-electron chi connectivity index (χ0n) is 8.99. The van der Waals surface area contributed by atoms with Crippen molar-refractivity contribution in [3.63, 3.8) is 0 Å². The lowest BCUT2D eigenvalue weighted by molar-refractivity contribution is -0.0957. The smallest absolute Gasteiger partial charge is 0.0704 e. The van der Waals surface area contributed by atoms with Crippen LogP contribution in [0.25, 0.3) is 0 Å². The Hall–Kier alpha value is -0.120. The molecule has 3 nitrogen and oxygen atoms in total. The second-order valence-corrected chi connectivity index (χ2v) is 3.89. The summed E-state index contributed by atoms with van der Waals surface area (Å²) in [6, 6.07) is 0. The van der Waals surface area contributed by atoms with Gasteiger partial charge in [-0.05, 0) is 19.8 Å². The summed E-state index contributed by atoms with van der Waals surface area (Å²) < 4.78 is 5.87. The molecule has 1 heterocycles. The fraction of sp³-hybridized carbons (Fsp3) is 1.00. The summed E-state index contributed by atoms with van der Waals surface area (Å²) in [7, 11) is 0. The third-order valence-electron chi connectivity index (χ3n) is 2.75. The molecule has 13 heavy (non-hydrogen) atoms. The Balaban J connectivity index is 2.49. The Kier molecular flexibility index (Phi) is 4.16. The van der Waals surface area contributed by atoms with E-state index in [1.165, 1.54) is 0 Å². The van der Waals surface area contributed by atoms with Gasteiger partial charge in [0.1, 0.15) is 0 Å². The Labute approximate surface area is 81.2 Å². The van der Waals surface area contributed by atoms with Gasteiger partial charge >= 0.3 is 0 Å². The van der Waals surface area contributed by atoms with E-state index in [-0.39, 0.29) is 6.17 Å². The summed E-state index contributed by atoms with van der Waals surface area (Å²) in [6.07, 6.45) is 3.08. The molecule has 0 spiro atoms. The summed E-state index contributed by atoms with van der Waals surface area (Å²) in [5.41, 5.74) is 5.87. The van der Waals surface area contributed by atoms with Gasteiger partial charge in [-0.25, -0.2) is 0 Å². The Bertz CT molecular complexity index is 138. The van der Waals surface area contributed by atoms with Gasteiger partial charge < -0.3 is 10.5 Å². The topological polar surface area (TPSA) is 38.5 Å². The fourth-order valence-electron chi connectivity index (χ4n) is 1.74. The number of morpholine rings is 1.